The van der Waals surface area contributed by atoms with Crippen LogP contribution in [-0.4, -0.2) is 73.2 Å². The summed E-state index contributed by atoms with van der Waals surface area (Å²) >= 11 is 12.4. The first-order valence-corrected chi connectivity index (χ1v) is 15.3. The minimum atomic E-state index is 0.403. The summed E-state index contributed by atoms with van der Waals surface area (Å²) in [6, 6.07) is 13.0. The minimum absolute atomic E-state index is 0.403. The summed E-state index contributed by atoms with van der Waals surface area (Å²) in [7, 11) is 4.17. The molecule has 2 fully saturated rings. The maximum atomic E-state index is 6.46. The van der Waals surface area contributed by atoms with Crippen molar-refractivity contribution < 1.29 is 0 Å². The third kappa shape index (κ3) is 4.98. The second kappa shape index (κ2) is 11.0. The lowest BCUT2D eigenvalue weighted by atomic mass is 9.89. The number of piperazine rings is 1. The van der Waals surface area contributed by atoms with Gasteiger partial charge in [-0.15, -0.1) is 0 Å². The van der Waals surface area contributed by atoms with Gasteiger partial charge in [0.25, 0.3) is 0 Å². The van der Waals surface area contributed by atoms with Crippen molar-refractivity contribution in [2.24, 2.45) is 7.05 Å². The number of nitrogen functional groups attached to an aromatic ring is 1. The number of nitrogens with two attached hydrogens (primary N) is 1. The molecule has 1 aliphatic carbocycles. The first-order valence-electron chi connectivity index (χ1n) is 14.6. The lowest BCUT2D eigenvalue weighted by Crippen LogP contribution is -2.49. The van der Waals surface area contributed by atoms with E-state index < -0.39 is 0 Å². The molecular formula is C31H35Cl2N9. The molecule has 42 heavy (non-hydrogen) atoms. The molecule has 5 aromatic rings. The average molecular weight is 605 g/mol. The van der Waals surface area contributed by atoms with Crippen molar-refractivity contribution in [1.29, 1.82) is 0 Å². The Morgan fingerprint density at radius 2 is 1.57 bits per heavy atom. The Kier molecular flexibility index (Phi) is 7.22. The van der Waals surface area contributed by atoms with Crippen LogP contribution in [0, 0.1) is 0 Å². The molecule has 218 valence electrons. The van der Waals surface area contributed by atoms with E-state index in [1.165, 1.54) is 25.9 Å². The monoisotopic (exact) mass is 603 g/mol. The smallest absolute Gasteiger partial charge is 0.208 e. The first kappa shape index (κ1) is 27.5. The predicted molar refractivity (Wildman–Crippen MR) is 172 cm³/mol. The molecule has 9 nitrogen and oxygen atoms in total. The number of hydrogen-bond acceptors (Lipinski definition) is 7. The van der Waals surface area contributed by atoms with Gasteiger partial charge < -0.3 is 25.1 Å². The van der Waals surface area contributed by atoms with Crippen molar-refractivity contribution in [3.8, 4) is 11.1 Å². The molecule has 1 saturated carbocycles. The van der Waals surface area contributed by atoms with Crippen LogP contribution in [0.2, 0.25) is 10.0 Å². The van der Waals surface area contributed by atoms with E-state index in [0.717, 1.165) is 64.8 Å². The molecule has 0 atom stereocenters. The summed E-state index contributed by atoms with van der Waals surface area (Å²) in [5.74, 6) is 1.22. The maximum Gasteiger partial charge on any atom is 0.208 e. The summed E-state index contributed by atoms with van der Waals surface area (Å²) in [5, 5.41) is 5.34. The standard InChI is InChI=1S/C31H35Cl2N9/c1-39-11-13-41(14-12-39)21-7-9-22(10-8-21)42-17-23(28-29(34)35-18-36-30(28)42)19-3-5-20(6-4-19)37-31-38-26-15-24(32)25(33)16-27(26)40(31)2/h3-6,15-18,21-22H,7-14H2,1-2H3,(H,37,38)(H2,34,35,36)/t21-,22-. The second-order valence-electron chi connectivity index (χ2n) is 11.7. The van der Waals surface area contributed by atoms with Crippen LogP contribution in [-0.2, 0) is 7.05 Å². The van der Waals surface area contributed by atoms with Gasteiger partial charge in [0.15, 0.2) is 0 Å². The number of benzene rings is 2. The van der Waals surface area contributed by atoms with E-state index in [1.807, 2.05) is 17.7 Å². The van der Waals surface area contributed by atoms with Crippen LogP contribution in [0.5, 0.6) is 0 Å². The predicted octanol–water partition coefficient (Wildman–Crippen LogP) is 6.35. The molecule has 4 heterocycles. The fourth-order valence-electron chi connectivity index (χ4n) is 6.66. The molecule has 7 rings (SSSR count). The largest absolute Gasteiger partial charge is 0.383 e. The maximum absolute atomic E-state index is 6.46. The molecule has 3 aromatic heterocycles. The van der Waals surface area contributed by atoms with Crippen LogP contribution in [0.15, 0.2) is 48.9 Å². The molecule has 0 bridgehead atoms. The van der Waals surface area contributed by atoms with Crippen LogP contribution in [0.25, 0.3) is 33.2 Å². The van der Waals surface area contributed by atoms with Gasteiger partial charge in [0.2, 0.25) is 5.95 Å². The highest BCUT2D eigenvalue weighted by atomic mass is 35.5. The van der Waals surface area contributed by atoms with Gasteiger partial charge in [0, 0.05) is 62.8 Å². The number of nitrogens with zero attached hydrogens (tertiary/aromatic N) is 7. The van der Waals surface area contributed by atoms with Crippen molar-refractivity contribution in [2.75, 3.05) is 44.3 Å². The SMILES string of the molecule is CN1CCN([C@H]2CC[C@H](n3cc(-c4ccc(Nc5nc6cc(Cl)c(Cl)cc6n5C)cc4)c4c(N)ncnc43)CC2)CC1. The molecule has 3 N–H and O–H groups in total. The molecule has 11 heteroatoms. The third-order valence-corrected chi connectivity index (χ3v) is 9.85. The van der Waals surface area contributed by atoms with Gasteiger partial charge in [-0.05, 0) is 62.6 Å². The van der Waals surface area contributed by atoms with Crippen LogP contribution >= 0.6 is 23.2 Å². The van der Waals surface area contributed by atoms with Crippen molar-refractivity contribution in [3.63, 3.8) is 0 Å². The zero-order chi connectivity index (χ0) is 29.0. The quantitative estimate of drug-likeness (QED) is 0.242. The van der Waals surface area contributed by atoms with Crippen LogP contribution in [0.1, 0.15) is 31.7 Å². The van der Waals surface area contributed by atoms with Crippen molar-refractivity contribution in [3.05, 3.63) is 59.0 Å². The highest BCUT2D eigenvalue weighted by molar-refractivity contribution is 6.42. The fourth-order valence-corrected chi connectivity index (χ4v) is 6.97. The Bertz CT molecular complexity index is 1740. The van der Waals surface area contributed by atoms with Gasteiger partial charge in [0.05, 0.1) is 26.5 Å². The molecule has 0 spiro atoms. The van der Waals surface area contributed by atoms with E-state index >= 15 is 0 Å². The number of likely N-dealkylation sites (N-methyl/N-ethyl adjacent to an activating group) is 1. The van der Waals surface area contributed by atoms with E-state index in [1.54, 1.807) is 12.4 Å². The van der Waals surface area contributed by atoms with Crippen LogP contribution in [0.3, 0.4) is 0 Å². The van der Waals surface area contributed by atoms with Gasteiger partial charge in [-0.25, -0.2) is 15.0 Å². The summed E-state index contributed by atoms with van der Waals surface area (Å²) < 4.78 is 4.32. The number of hydrogen-bond donors (Lipinski definition) is 2. The third-order valence-electron chi connectivity index (χ3n) is 9.13. The molecule has 0 unspecified atom stereocenters. The Morgan fingerprint density at radius 1 is 0.881 bits per heavy atom. The van der Waals surface area contributed by atoms with Gasteiger partial charge in [-0.3, -0.25) is 4.90 Å². The van der Waals surface area contributed by atoms with Gasteiger partial charge in [-0.1, -0.05) is 35.3 Å². The number of aryl methyl sites for hydroxylation is 1. The molecule has 1 saturated heterocycles. The molecule has 2 aromatic carbocycles. The first-order chi connectivity index (χ1) is 20.4. The number of imidazole rings is 1. The molecule has 0 amide bonds. The lowest BCUT2D eigenvalue weighted by Gasteiger charge is -2.41. The Morgan fingerprint density at radius 3 is 2.31 bits per heavy atom. The number of aromatic nitrogens is 5. The Hall–Kier alpha value is -3.37. The van der Waals surface area contributed by atoms with E-state index in [0.29, 0.717) is 33.9 Å². The average Bonchev–Trinajstić information content (AvgIpc) is 3.53. The highest BCUT2D eigenvalue weighted by Crippen LogP contribution is 2.39. The summed E-state index contributed by atoms with van der Waals surface area (Å²) in [6.45, 7) is 4.68. The minimum Gasteiger partial charge on any atom is -0.383 e. The van der Waals surface area contributed by atoms with Crippen molar-refractivity contribution in [1.82, 2.24) is 33.9 Å². The van der Waals surface area contributed by atoms with E-state index in [-0.39, 0.29) is 0 Å². The molecule has 1 aliphatic heterocycles. The number of rotatable bonds is 5. The fraction of sp³-hybridized carbons (Fsp3) is 0.387. The topological polar surface area (TPSA) is 93.1 Å². The van der Waals surface area contributed by atoms with Crippen LogP contribution in [0.4, 0.5) is 17.5 Å². The Labute approximate surface area is 255 Å². The molecule has 2 aliphatic rings. The highest BCUT2D eigenvalue weighted by Gasteiger charge is 2.30. The van der Waals surface area contributed by atoms with Gasteiger partial charge in [0.1, 0.15) is 17.8 Å². The number of nitrogens with one attached hydrogen (secondary N) is 1. The van der Waals surface area contributed by atoms with Gasteiger partial charge in [-0.2, -0.15) is 0 Å². The van der Waals surface area contributed by atoms with Crippen molar-refractivity contribution >= 4 is 62.7 Å². The lowest BCUT2D eigenvalue weighted by molar-refractivity contribution is 0.0828. The van der Waals surface area contributed by atoms with E-state index in [9.17, 15) is 0 Å². The number of halogens is 2. The normalized spacial score (nSPS) is 20.5. The number of anilines is 3. The molecular weight excluding hydrogens is 569 g/mol. The second-order valence-corrected chi connectivity index (χ2v) is 12.5. The molecule has 0 radical (unpaired) electrons. The summed E-state index contributed by atoms with van der Waals surface area (Å²) in [6.07, 6.45) is 8.52. The zero-order valence-electron chi connectivity index (χ0n) is 23.9. The van der Waals surface area contributed by atoms with Crippen molar-refractivity contribution in [2.45, 2.75) is 37.8 Å². The number of fused-ring (bicyclic) bond motifs is 2. The van der Waals surface area contributed by atoms with E-state index in [2.05, 4.69) is 62.2 Å². The summed E-state index contributed by atoms with van der Waals surface area (Å²) in [4.78, 5) is 18.9. The zero-order valence-corrected chi connectivity index (χ0v) is 25.4. The Balaban J connectivity index is 1.13. The van der Waals surface area contributed by atoms with E-state index in [4.69, 9.17) is 38.9 Å². The van der Waals surface area contributed by atoms with Gasteiger partial charge >= 0.3 is 0 Å². The summed E-state index contributed by atoms with van der Waals surface area (Å²) in [5.41, 5.74) is 12.1. The van der Waals surface area contributed by atoms with Crippen LogP contribution < -0.4 is 11.1 Å².